The van der Waals surface area contributed by atoms with Crippen molar-refractivity contribution >= 4 is 23.2 Å². The monoisotopic (exact) mass is 327 g/mol. The summed E-state index contributed by atoms with van der Waals surface area (Å²) in [4.78, 5) is 23.1. The Hall–Kier alpha value is -2.86. The van der Waals surface area contributed by atoms with E-state index in [-0.39, 0.29) is 18.4 Å². The van der Waals surface area contributed by atoms with Crippen molar-refractivity contribution in [3.8, 4) is 5.75 Å². The van der Waals surface area contributed by atoms with Crippen molar-refractivity contribution < 1.29 is 14.3 Å². The van der Waals surface area contributed by atoms with Gasteiger partial charge in [0.25, 0.3) is 0 Å². The van der Waals surface area contributed by atoms with Gasteiger partial charge in [0.15, 0.2) is 0 Å². The van der Waals surface area contributed by atoms with Crippen LogP contribution < -0.4 is 20.7 Å². The van der Waals surface area contributed by atoms with Crippen molar-refractivity contribution in [1.82, 2.24) is 5.32 Å². The lowest BCUT2D eigenvalue weighted by Crippen LogP contribution is -2.27. The predicted octanol–water partition coefficient (Wildman–Crippen LogP) is 2.38. The van der Waals surface area contributed by atoms with Gasteiger partial charge in [-0.15, -0.1) is 0 Å². The molecule has 0 atom stereocenters. The summed E-state index contributed by atoms with van der Waals surface area (Å²) in [6.45, 7) is 2.14. The summed E-state index contributed by atoms with van der Waals surface area (Å²) in [5.74, 6) is 0.468. The SMILES string of the molecule is COc1ccccc1CNCC(=O)Nc1cccc(NC(C)=O)c1. The van der Waals surface area contributed by atoms with Gasteiger partial charge < -0.3 is 20.7 Å². The number of ether oxygens (including phenoxy) is 1. The van der Waals surface area contributed by atoms with Crippen LogP contribution in [0.1, 0.15) is 12.5 Å². The van der Waals surface area contributed by atoms with Crippen molar-refractivity contribution in [1.29, 1.82) is 0 Å². The maximum absolute atomic E-state index is 12.0. The Kier molecular flexibility index (Phi) is 6.33. The summed E-state index contributed by atoms with van der Waals surface area (Å²) < 4.78 is 5.27. The smallest absolute Gasteiger partial charge is 0.238 e. The average Bonchev–Trinajstić information content (AvgIpc) is 2.55. The summed E-state index contributed by atoms with van der Waals surface area (Å²) >= 11 is 0. The predicted molar refractivity (Wildman–Crippen MR) is 94.1 cm³/mol. The molecule has 0 saturated carbocycles. The molecule has 2 aromatic rings. The Bertz CT molecular complexity index is 716. The molecule has 0 heterocycles. The van der Waals surface area contributed by atoms with Crippen molar-refractivity contribution in [2.45, 2.75) is 13.5 Å². The van der Waals surface area contributed by atoms with E-state index in [0.29, 0.717) is 17.9 Å². The molecule has 24 heavy (non-hydrogen) atoms. The first-order valence-electron chi connectivity index (χ1n) is 7.58. The quantitative estimate of drug-likeness (QED) is 0.729. The van der Waals surface area contributed by atoms with Crippen LogP contribution in [-0.4, -0.2) is 25.5 Å². The first-order chi connectivity index (χ1) is 11.6. The molecule has 126 valence electrons. The van der Waals surface area contributed by atoms with E-state index in [1.165, 1.54) is 6.92 Å². The van der Waals surface area contributed by atoms with Crippen LogP contribution >= 0.6 is 0 Å². The number of rotatable bonds is 7. The summed E-state index contributed by atoms with van der Waals surface area (Å²) in [5, 5.41) is 8.54. The highest BCUT2D eigenvalue weighted by molar-refractivity contribution is 5.94. The fourth-order valence-electron chi connectivity index (χ4n) is 2.24. The van der Waals surface area contributed by atoms with E-state index in [1.807, 2.05) is 24.3 Å². The number of para-hydroxylation sites is 1. The third-order valence-electron chi connectivity index (χ3n) is 3.26. The Morgan fingerprint density at radius 3 is 2.42 bits per heavy atom. The maximum Gasteiger partial charge on any atom is 0.238 e. The number of hydrogen-bond donors (Lipinski definition) is 3. The fraction of sp³-hybridized carbons (Fsp3) is 0.222. The van der Waals surface area contributed by atoms with Gasteiger partial charge in [-0.2, -0.15) is 0 Å². The first kappa shape index (κ1) is 17.5. The van der Waals surface area contributed by atoms with Crippen LogP contribution in [0.2, 0.25) is 0 Å². The van der Waals surface area contributed by atoms with Gasteiger partial charge in [-0.1, -0.05) is 24.3 Å². The van der Waals surface area contributed by atoms with Gasteiger partial charge in [0.05, 0.1) is 13.7 Å². The number of methoxy groups -OCH3 is 1. The molecule has 6 heteroatoms. The van der Waals surface area contributed by atoms with Crippen molar-refractivity contribution in [2.24, 2.45) is 0 Å². The van der Waals surface area contributed by atoms with Gasteiger partial charge >= 0.3 is 0 Å². The summed E-state index contributed by atoms with van der Waals surface area (Å²) in [6.07, 6.45) is 0. The third kappa shape index (κ3) is 5.40. The molecule has 0 aliphatic heterocycles. The molecule has 0 aliphatic rings. The topological polar surface area (TPSA) is 79.5 Å². The molecule has 2 amide bonds. The molecule has 0 unspecified atom stereocenters. The highest BCUT2D eigenvalue weighted by Gasteiger charge is 2.05. The second-order valence-electron chi connectivity index (χ2n) is 5.23. The van der Waals surface area contributed by atoms with E-state index in [4.69, 9.17) is 4.74 Å². The first-order valence-corrected chi connectivity index (χ1v) is 7.58. The van der Waals surface area contributed by atoms with Crippen LogP contribution in [0.15, 0.2) is 48.5 Å². The van der Waals surface area contributed by atoms with E-state index in [2.05, 4.69) is 16.0 Å². The van der Waals surface area contributed by atoms with Crippen LogP contribution in [-0.2, 0) is 16.1 Å². The Morgan fingerprint density at radius 2 is 1.71 bits per heavy atom. The number of benzene rings is 2. The molecule has 0 radical (unpaired) electrons. The fourth-order valence-corrected chi connectivity index (χ4v) is 2.24. The van der Waals surface area contributed by atoms with Crippen molar-refractivity contribution in [3.63, 3.8) is 0 Å². The van der Waals surface area contributed by atoms with E-state index in [1.54, 1.807) is 31.4 Å². The van der Waals surface area contributed by atoms with E-state index >= 15 is 0 Å². The normalized spacial score (nSPS) is 10.1. The molecule has 0 saturated heterocycles. The number of nitrogens with one attached hydrogen (secondary N) is 3. The standard InChI is InChI=1S/C18H21N3O3/c1-13(22)20-15-7-5-8-16(10-15)21-18(23)12-19-11-14-6-3-4-9-17(14)24-2/h3-10,19H,11-12H2,1-2H3,(H,20,22)(H,21,23). The van der Waals surface area contributed by atoms with E-state index in [9.17, 15) is 9.59 Å². The van der Waals surface area contributed by atoms with Crippen LogP contribution in [0.3, 0.4) is 0 Å². The molecule has 0 fully saturated rings. The van der Waals surface area contributed by atoms with E-state index in [0.717, 1.165) is 11.3 Å². The lowest BCUT2D eigenvalue weighted by molar-refractivity contribution is -0.115. The number of carbonyl (C=O) groups excluding carboxylic acids is 2. The van der Waals surface area contributed by atoms with Gasteiger partial charge in [-0.25, -0.2) is 0 Å². The minimum Gasteiger partial charge on any atom is -0.496 e. The zero-order valence-corrected chi connectivity index (χ0v) is 13.8. The highest BCUT2D eigenvalue weighted by Crippen LogP contribution is 2.17. The van der Waals surface area contributed by atoms with Crippen LogP contribution in [0, 0.1) is 0 Å². The molecular weight excluding hydrogens is 306 g/mol. The number of carbonyl (C=O) groups is 2. The molecule has 2 rings (SSSR count). The molecule has 0 aromatic heterocycles. The minimum atomic E-state index is -0.162. The Balaban J connectivity index is 1.84. The zero-order valence-electron chi connectivity index (χ0n) is 13.8. The molecule has 0 spiro atoms. The summed E-state index contributed by atoms with van der Waals surface area (Å²) in [6, 6.07) is 14.7. The largest absolute Gasteiger partial charge is 0.496 e. The number of amides is 2. The Morgan fingerprint density at radius 1 is 1.00 bits per heavy atom. The Labute approximate surface area is 141 Å². The van der Waals surface area contributed by atoms with E-state index < -0.39 is 0 Å². The van der Waals surface area contributed by atoms with Crippen LogP contribution in [0.5, 0.6) is 5.75 Å². The van der Waals surface area contributed by atoms with Crippen molar-refractivity contribution in [2.75, 3.05) is 24.3 Å². The summed E-state index contributed by atoms with van der Waals surface area (Å²) in [7, 11) is 1.62. The third-order valence-corrected chi connectivity index (χ3v) is 3.26. The number of hydrogen-bond acceptors (Lipinski definition) is 4. The molecule has 0 aliphatic carbocycles. The second kappa shape index (κ2) is 8.69. The lowest BCUT2D eigenvalue weighted by atomic mass is 10.2. The molecule has 6 nitrogen and oxygen atoms in total. The minimum absolute atomic E-state index is 0.156. The average molecular weight is 327 g/mol. The van der Waals surface area contributed by atoms with Crippen LogP contribution in [0.4, 0.5) is 11.4 Å². The highest BCUT2D eigenvalue weighted by atomic mass is 16.5. The van der Waals surface area contributed by atoms with Gasteiger partial charge in [-0.3, -0.25) is 9.59 Å². The molecule has 2 aromatic carbocycles. The van der Waals surface area contributed by atoms with Crippen LogP contribution in [0.25, 0.3) is 0 Å². The molecule has 3 N–H and O–H groups in total. The van der Waals surface area contributed by atoms with Gasteiger partial charge in [-0.05, 0) is 24.3 Å². The second-order valence-corrected chi connectivity index (χ2v) is 5.23. The summed E-state index contributed by atoms with van der Waals surface area (Å²) in [5.41, 5.74) is 2.26. The molecular formula is C18H21N3O3. The van der Waals surface area contributed by atoms with Gasteiger partial charge in [0.2, 0.25) is 11.8 Å². The van der Waals surface area contributed by atoms with Gasteiger partial charge in [0, 0.05) is 30.4 Å². The zero-order chi connectivity index (χ0) is 17.4. The maximum atomic E-state index is 12.0. The molecule has 0 bridgehead atoms. The van der Waals surface area contributed by atoms with Crippen molar-refractivity contribution in [3.05, 3.63) is 54.1 Å². The number of anilines is 2. The van der Waals surface area contributed by atoms with Gasteiger partial charge in [0.1, 0.15) is 5.75 Å². The lowest BCUT2D eigenvalue weighted by Gasteiger charge is -2.10.